The first-order valence-corrected chi connectivity index (χ1v) is 8.82. The average molecular weight is 358 g/mol. The van der Waals surface area contributed by atoms with Gasteiger partial charge >= 0.3 is 0 Å². The topological polar surface area (TPSA) is 68.9 Å². The van der Waals surface area contributed by atoms with Crippen LogP contribution in [0.25, 0.3) is 0 Å². The SMILES string of the molecule is NC(=NC1CC1c1cccc(Cl)c1)Nc1ccc2c(c1)OCCCO2. The number of aliphatic imine (C=N–C) groups is 1. The lowest BCUT2D eigenvalue weighted by molar-refractivity contribution is 0.297. The summed E-state index contributed by atoms with van der Waals surface area (Å²) < 4.78 is 11.3. The van der Waals surface area contributed by atoms with Crippen LogP contribution in [0.1, 0.15) is 24.3 Å². The Hall–Kier alpha value is -2.40. The minimum Gasteiger partial charge on any atom is -0.490 e. The summed E-state index contributed by atoms with van der Waals surface area (Å²) in [6, 6.07) is 13.8. The highest BCUT2D eigenvalue weighted by Gasteiger charge is 2.38. The van der Waals surface area contributed by atoms with E-state index in [1.165, 1.54) is 5.56 Å². The molecule has 2 atom stereocenters. The average Bonchev–Trinajstić information content (AvgIpc) is 3.37. The van der Waals surface area contributed by atoms with Crippen LogP contribution < -0.4 is 20.5 Å². The van der Waals surface area contributed by atoms with E-state index >= 15 is 0 Å². The van der Waals surface area contributed by atoms with Crippen molar-refractivity contribution in [3.63, 3.8) is 0 Å². The van der Waals surface area contributed by atoms with Crippen LogP contribution in [0, 0.1) is 0 Å². The molecule has 1 aliphatic carbocycles. The molecule has 3 N–H and O–H groups in total. The van der Waals surface area contributed by atoms with Crippen molar-refractivity contribution < 1.29 is 9.47 Å². The predicted octanol–water partition coefficient (Wildman–Crippen LogP) is 3.78. The Bertz CT molecular complexity index is 809. The van der Waals surface area contributed by atoms with E-state index in [0.717, 1.165) is 35.1 Å². The van der Waals surface area contributed by atoms with Gasteiger partial charge < -0.3 is 20.5 Å². The molecule has 4 rings (SSSR count). The molecule has 5 nitrogen and oxygen atoms in total. The van der Waals surface area contributed by atoms with Crippen LogP contribution in [0.2, 0.25) is 5.02 Å². The smallest absolute Gasteiger partial charge is 0.193 e. The molecule has 1 saturated carbocycles. The minimum absolute atomic E-state index is 0.200. The number of halogens is 1. The van der Waals surface area contributed by atoms with Gasteiger partial charge in [-0.05, 0) is 36.2 Å². The van der Waals surface area contributed by atoms with E-state index in [-0.39, 0.29) is 6.04 Å². The summed E-state index contributed by atoms with van der Waals surface area (Å²) in [4.78, 5) is 4.57. The van der Waals surface area contributed by atoms with Crippen molar-refractivity contribution in [2.75, 3.05) is 18.5 Å². The van der Waals surface area contributed by atoms with Crippen LogP contribution in [0.15, 0.2) is 47.5 Å². The van der Waals surface area contributed by atoms with Gasteiger partial charge in [0.15, 0.2) is 17.5 Å². The third-order valence-corrected chi connectivity index (χ3v) is 4.59. The van der Waals surface area contributed by atoms with Gasteiger partial charge in [0.05, 0.1) is 19.3 Å². The Morgan fingerprint density at radius 2 is 1.96 bits per heavy atom. The second-order valence-corrected chi connectivity index (χ2v) is 6.75. The second-order valence-electron chi connectivity index (χ2n) is 6.32. The lowest BCUT2D eigenvalue weighted by Gasteiger charge is -2.10. The van der Waals surface area contributed by atoms with Crippen molar-refractivity contribution >= 4 is 23.2 Å². The van der Waals surface area contributed by atoms with Crippen molar-refractivity contribution in [2.45, 2.75) is 24.8 Å². The van der Waals surface area contributed by atoms with Gasteiger partial charge in [0, 0.05) is 29.1 Å². The molecule has 1 aliphatic heterocycles. The fourth-order valence-electron chi connectivity index (χ4n) is 3.02. The number of guanidine groups is 1. The maximum atomic E-state index is 6.06. The first kappa shape index (κ1) is 16.1. The molecule has 2 unspecified atom stereocenters. The fourth-order valence-corrected chi connectivity index (χ4v) is 3.22. The Kier molecular flexibility index (Phi) is 4.40. The van der Waals surface area contributed by atoms with Crippen LogP contribution in [-0.2, 0) is 0 Å². The number of rotatable bonds is 3. The molecule has 25 heavy (non-hydrogen) atoms. The van der Waals surface area contributed by atoms with Gasteiger partial charge in [0.1, 0.15) is 0 Å². The van der Waals surface area contributed by atoms with Gasteiger partial charge in [-0.15, -0.1) is 0 Å². The molecule has 2 aromatic rings. The lowest BCUT2D eigenvalue weighted by atomic mass is 10.1. The van der Waals surface area contributed by atoms with E-state index in [9.17, 15) is 0 Å². The van der Waals surface area contributed by atoms with E-state index in [1.807, 2.05) is 36.4 Å². The number of benzene rings is 2. The van der Waals surface area contributed by atoms with Gasteiger partial charge in [0.2, 0.25) is 0 Å². The summed E-state index contributed by atoms with van der Waals surface area (Å²) in [7, 11) is 0. The number of nitrogens with one attached hydrogen (secondary N) is 1. The van der Waals surface area contributed by atoms with E-state index in [0.29, 0.717) is 25.1 Å². The van der Waals surface area contributed by atoms with Crippen LogP contribution in [-0.4, -0.2) is 25.2 Å². The molecule has 0 saturated heterocycles. The quantitative estimate of drug-likeness (QED) is 0.648. The summed E-state index contributed by atoms with van der Waals surface area (Å²) in [6.07, 6.45) is 1.87. The summed E-state index contributed by atoms with van der Waals surface area (Å²) in [5.41, 5.74) is 8.12. The van der Waals surface area contributed by atoms with E-state index in [4.69, 9.17) is 26.8 Å². The third kappa shape index (κ3) is 3.82. The molecule has 0 amide bonds. The number of fused-ring (bicyclic) bond motifs is 1. The highest BCUT2D eigenvalue weighted by atomic mass is 35.5. The Morgan fingerprint density at radius 3 is 2.80 bits per heavy atom. The molecule has 0 bridgehead atoms. The molecule has 1 heterocycles. The van der Waals surface area contributed by atoms with Crippen molar-refractivity contribution in [1.82, 2.24) is 0 Å². The van der Waals surface area contributed by atoms with E-state index < -0.39 is 0 Å². The van der Waals surface area contributed by atoms with E-state index in [1.54, 1.807) is 0 Å². The molecule has 2 aromatic carbocycles. The zero-order valence-corrected chi connectivity index (χ0v) is 14.5. The number of hydrogen-bond acceptors (Lipinski definition) is 3. The zero-order valence-electron chi connectivity index (χ0n) is 13.7. The second kappa shape index (κ2) is 6.84. The van der Waals surface area contributed by atoms with Gasteiger partial charge in [0.25, 0.3) is 0 Å². The van der Waals surface area contributed by atoms with Crippen LogP contribution in [0.5, 0.6) is 11.5 Å². The molecule has 1 fully saturated rings. The maximum absolute atomic E-state index is 6.06. The lowest BCUT2D eigenvalue weighted by Crippen LogP contribution is -2.23. The predicted molar refractivity (Wildman–Crippen MR) is 99.9 cm³/mol. The highest BCUT2D eigenvalue weighted by molar-refractivity contribution is 6.30. The number of hydrogen-bond donors (Lipinski definition) is 2. The molecule has 6 heteroatoms. The fraction of sp³-hybridized carbons (Fsp3) is 0.316. The summed E-state index contributed by atoms with van der Waals surface area (Å²) in [5, 5.41) is 3.89. The molecule has 0 radical (unpaired) electrons. The minimum atomic E-state index is 0.200. The monoisotopic (exact) mass is 357 g/mol. The van der Waals surface area contributed by atoms with Crippen molar-refractivity contribution in [3.05, 3.63) is 53.1 Å². The number of nitrogens with two attached hydrogens (primary N) is 1. The van der Waals surface area contributed by atoms with Crippen LogP contribution >= 0.6 is 11.6 Å². The third-order valence-electron chi connectivity index (χ3n) is 4.36. The molecule has 2 aliphatic rings. The van der Waals surface area contributed by atoms with Crippen molar-refractivity contribution in [2.24, 2.45) is 10.7 Å². The van der Waals surface area contributed by atoms with E-state index in [2.05, 4.69) is 16.4 Å². The van der Waals surface area contributed by atoms with Crippen LogP contribution in [0.3, 0.4) is 0 Å². The molecular weight excluding hydrogens is 338 g/mol. The number of nitrogens with zero attached hydrogens (tertiary/aromatic N) is 1. The van der Waals surface area contributed by atoms with Gasteiger partial charge in [-0.3, -0.25) is 0 Å². The normalized spacial score (nSPS) is 22.2. The summed E-state index contributed by atoms with van der Waals surface area (Å²) in [6.45, 7) is 1.33. The Labute approximate surface area is 151 Å². The van der Waals surface area contributed by atoms with Gasteiger partial charge in [-0.2, -0.15) is 0 Å². The number of ether oxygens (including phenoxy) is 2. The number of anilines is 1. The van der Waals surface area contributed by atoms with Crippen molar-refractivity contribution in [3.8, 4) is 11.5 Å². The summed E-state index contributed by atoms with van der Waals surface area (Å²) >= 11 is 6.05. The van der Waals surface area contributed by atoms with Gasteiger partial charge in [-0.25, -0.2) is 4.99 Å². The van der Waals surface area contributed by atoms with Crippen molar-refractivity contribution in [1.29, 1.82) is 0 Å². The largest absolute Gasteiger partial charge is 0.490 e. The molecular formula is C19H20ClN3O2. The highest BCUT2D eigenvalue weighted by Crippen LogP contribution is 2.44. The maximum Gasteiger partial charge on any atom is 0.193 e. The van der Waals surface area contributed by atoms with Gasteiger partial charge in [-0.1, -0.05) is 23.7 Å². The Balaban J connectivity index is 1.41. The molecule has 0 aromatic heterocycles. The standard InChI is InChI=1S/C19H20ClN3O2/c20-13-4-1-3-12(9-13)15-11-16(15)23-19(21)22-14-5-6-17-18(10-14)25-8-2-7-24-17/h1,3-6,9-10,15-16H,2,7-8,11H2,(H3,21,22,23). The van der Waals surface area contributed by atoms with Crippen LogP contribution in [0.4, 0.5) is 5.69 Å². The first-order valence-electron chi connectivity index (χ1n) is 8.44. The zero-order chi connectivity index (χ0) is 17.2. The molecule has 130 valence electrons. The Morgan fingerprint density at radius 1 is 1.12 bits per heavy atom. The first-order chi connectivity index (χ1) is 12.2. The summed E-state index contributed by atoms with van der Waals surface area (Å²) in [5.74, 6) is 2.30. The molecule has 0 spiro atoms.